The number of carbonyl (C=O) groups excluding carboxylic acids is 2. The standard InChI is InChI=1S/C11H18N2O5/c1-11(2,3)8(9(14)13-16)12-10(15)18-7-4-5-17-6-7/h7-8H,4-6H2,1-3H3,(H,12,15)/t7-,8+/m0/s1. The van der Waals surface area contributed by atoms with Gasteiger partial charge < -0.3 is 14.8 Å². The Morgan fingerprint density at radius 2 is 2.11 bits per heavy atom. The minimum absolute atomic E-state index is 0.301. The molecule has 102 valence electrons. The van der Waals surface area contributed by atoms with E-state index < -0.39 is 23.5 Å². The number of hydrogen-bond acceptors (Lipinski definition) is 5. The number of hydrogen-bond donors (Lipinski definition) is 1. The Morgan fingerprint density at radius 3 is 2.56 bits per heavy atom. The molecule has 2 atom stereocenters. The summed E-state index contributed by atoms with van der Waals surface area (Å²) in [6.07, 6.45) is -0.402. The number of nitroso groups, excluding NO2 is 1. The first-order chi connectivity index (χ1) is 8.34. The molecule has 18 heavy (non-hydrogen) atoms. The maximum atomic E-state index is 11.6. The van der Waals surface area contributed by atoms with Crippen molar-refractivity contribution in [3.63, 3.8) is 0 Å². The molecule has 1 saturated heterocycles. The molecular weight excluding hydrogens is 240 g/mol. The zero-order chi connectivity index (χ0) is 13.8. The van der Waals surface area contributed by atoms with Crippen molar-refractivity contribution in [3.05, 3.63) is 4.91 Å². The third-order valence-electron chi connectivity index (χ3n) is 2.63. The maximum Gasteiger partial charge on any atom is 0.408 e. The number of nitrogens with one attached hydrogen (secondary N) is 1. The lowest BCUT2D eigenvalue weighted by atomic mass is 9.86. The fourth-order valence-corrected chi connectivity index (χ4v) is 1.61. The molecule has 0 saturated carbocycles. The molecule has 0 spiro atoms. The van der Waals surface area contributed by atoms with E-state index in [9.17, 15) is 14.5 Å². The van der Waals surface area contributed by atoms with Gasteiger partial charge in [0, 0.05) is 11.6 Å². The van der Waals surface area contributed by atoms with Crippen LogP contribution >= 0.6 is 0 Å². The van der Waals surface area contributed by atoms with E-state index in [0.717, 1.165) is 0 Å². The maximum absolute atomic E-state index is 11.6. The summed E-state index contributed by atoms with van der Waals surface area (Å²) in [6, 6.07) is -0.996. The number of ether oxygens (including phenoxy) is 2. The third-order valence-corrected chi connectivity index (χ3v) is 2.63. The van der Waals surface area contributed by atoms with Crippen LogP contribution < -0.4 is 5.32 Å². The van der Waals surface area contributed by atoms with E-state index in [0.29, 0.717) is 19.6 Å². The molecule has 1 rings (SSSR count). The lowest BCUT2D eigenvalue weighted by Crippen LogP contribution is -2.49. The fourth-order valence-electron chi connectivity index (χ4n) is 1.61. The monoisotopic (exact) mass is 258 g/mol. The topological polar surface area (TPSA) is 94.1 Å². The summed E-state index contributed by atoms with van der Waals surface area (Å²) < 4.78 is 10.1. The quantitative estimate of drug-likeness (QED) is 0.768. The van der Waals surface area contributed by atoms with Crippen LogP contribution in [0.1, 0.15) is 27.2 Å². The second-order valence-corrected chi connectivity index (χ2v) is 5.26. The number of carbonyl (C=O) groups is 2. The zero-order valence-electron chi connectivity index (χ0n) is 10.8. The van der Waals surface area contributed by atoms with Gasteiger partial charge in [0.25, 0.3) is 0 Å². The van der Waals surface area contributed by atoms with Crippen molar-refractivity contribution in [3.8, 4) is 0 Å². The Kier molecular flexibility index (Phi) is 4.77. The van der Waals surface area contributed by atoms with Gasteiger partial charge >= 0.3 is 12.0 Å². The summed E-state index contributed by atoms with van der Waals surface area (Å²) >= 11 is 0. The highest BCUT2D eigenvalue weighted by molar-refractivity contribution is 5.86. The van der Waals surface area contributed by atoms with E-state index in [1.165, 1.54) is 0 Å². The molecule has 0 aliphatic carbocycles. The van der Waals surface area contributed by atoms with Crippen molar-refractivity contribution in [2.45, 2.75) is 39.3 Å². The van der Waals surface area contributed by atoms with Gasteiger partial charge in [0.1, 0.15) is 12.1 Å². The van der Waals surface area contributed by atoms with Gasteiger partial charge in [-0.2, -0.15) is 0 Å². The van der Waals surface area contributed by atoms with Crippen LogP contribution in [0.3, 0.4) is 0 Å². The Morgan fingerprint density at radius 1 is 1.44 bits per heavy atom. The van der Waals surface area contributed by atoms with Gasteiger partial charge in [-0.1, -0.05) is 20.8 Å². The third kappa shape index (κ3) is 4.06. The number of nitrogens with zero attached hydrogens (tertiary/aromatic N) is 1. The molecular formula is C11H18N2O5. The van der Waals surface area contributed by atoms with Crippen molar-refractivity contribution in [1.29, 1.82) is 0 Å². The SMILES string of the molecule is CC(C)(C)[C@H](NC(=O)O[C@H]1CCOC1)C(=O)N=O. The molecule has 0 aromatic carbocycles. The van der Waals surface area contributed by atoms with Crippen LogP contribution in [0.2, 0.25) is 0 Å². The van der Waals surface area contributed by atoms with Crippen LogP contribution in [-0.4, -0.2) is 37.4 Å². The average molecular weight is 258 g/mol. The van der Waals surface area contributed by atoms with Crippen LogP contribution in [0.25, 0.3) is 0 Å². The Labute approximate surface area is 105 Å². The van der Waals surface area contributed by atoms with Gasteiger partial charge in [-0.05, 0) is 5.41 Å². The molecule has 1 aliphatic heterocycles. The van der Waals surface area contributed by atoms with Gasteiger partial charge in [-0.3, -0.25) is 4.79 Å². The van der Waals surface area contributed by atoms with Gasteiger partial charge in [0.05, 0.1) is 13.2 Å². The first kappa shape index (κ1) is 14.6. The van der Waals surface area contributed by atoms with E-state index in [2.05, 4.69) is 10.5 Å². The summed E-state index contributed by atoms with van der Waals surface area (Å²) in [5.74, 6) is -0.915. The minimum Gasteiger partial charge on any atom is -0.444 e. The normalized spacial score (nSPS) is 21.2. The minimum atomic E-state index is -0.996. The largest absolute Gasteiger partial charge is 0.444 e. The Balaban J connectivity index is 2.57. The van der Waals surface area contributed by atoms with Crippen LogP contribution in [0.5, 0.6) is 0 Å². The first-order valence-electron chi connectivity index (χ1n) is 5.76. The highest BCUT2D eigenvalue weighted by Gasteiger charge is 2.34. The predicted octanol–water partition coefficient (Wildman–Crippen LogP) is 1.21. The van der Waals surface area contributed by atoms with E-state index in [-0.39, 0.29) is 6.10 Å². The molecule has 0 aromatic rings. The van der Waals surface area contributed by atoms with Gasteiger partial charge in [0.2, 0.25) is 0 Å². The van der Waals surface area contributed by atoms with Crippen molar-refractivity contribution >= 4 is 12.0 Å². The van der Waals surface area contributed by atoms with E-state index >= 15 is 0 Å². The predicted molar refractivity (Wildman–Crippen MR) is 62.9 cm³/mol. The van der Waals surface area contributed by atoms with Crippen LogP contribution in [0, 0.1) is 10.3 Å². The highest BCUT2D eigenvalue weighted by Crippen LogP contribution is 2.20. The molecule has 7 heteroatoms. The van der Waals surface area contributed by atoms with Gasteiger partial charge in [-0.25, -0.2) is 4.79 Å². The summed E-state index contributed by atoms with van der Waals surface area (Å²) in [5.41, 5.74) is -0.615. The lowest BCUT2D eigenvalue weighted by Gasteiger charge is -2.27. The summed E-state index contributed by atoms with van der Waals surface area (Å²) in [6.45, 7) is 6.07. The Bertz CT molecular complexity index is 331. The molecule has 1 fully saturated rings. The van der Waals surface area contributed by atoms with E-state index in [4.69, 9.17) is 9.47 Å². The average Bonchev–Trinajstić information content (AvgIpc) is 2.76. The smallest absolute Gasteiger partial charge is 0.408 e. The van der Waals surface area contributed by atoms with Crippen molar-refractivity contribution in [2.75, 3.05) is 13.2 Å². The van der Waals surface area contributed by atoms with Crippen LogP contribution in [0.15, 0.2) is 5.18 Å². The lowest BCUT2D eigenvalue weighted by molar-refractivity contribution is -0.122. The molecule has 0 unspecified atom stereocenters. The summed E-state index contributed by atoms with van der Waals surface area (Å²) in [7, 11) is 0. The number of amides is 2. The first-order valence-corrected chi connectivity index (χ1v) is 5.76. The fraction of sp³-hybridized carbons (Fsp3) is 0.818. The van der Waals surface area contributed by atoms with Crippen LogP contribution in [0.4, 0.5) is 4.79 Å². The summed E-state index contributed by atoms with van der Waals surface area (Å²) in [5, 5.41) is 4.73. The van der Waals surface area contributed by atoms with Crippen molar-refractivity contribution < 1.29 is 19.1 Å². The Hall–Kier alpha value is -1.50. The molecule has 0 radical (unpaired) electrons. The molecule has 1 aliphatic rings. The second kappa shape index (κ2) is 5.90. The second-order valence-electron chi connectivity index (χ2n) is 5.26. The number of alkyl carbamates (subject to hydrolysis) is 1. The van der Waals surface area contributed by atoms with E-state index in [1.807, 2.05) is 0 Å². The van der Waals surface area contributed by atoms with Crippen LogP contribution in [-0.2, 0) is 14.3 Å². The van der Waals surface area contributed by atoms with Crippen molar-refractivity contribution in [2.24, 2.45) is 10.6 Å². The van der Waals surface area contributed by atoms with E-state index in [1.54, 1.807) is 20.8 Å². The number of rotatable bonds is 3. The molecule has 7 nitrogen and oxygen atoms in total. The van der Waals surface area contributed by atoms with Gasteiger partial charge in [0.15, 0.2) is 0 Å². The molecule has 2 amide bonds. The zero-order valence-corrected chi connectivity index (χ0v) is 10.8. The molecule has 1 heterocycles. The van der Waals surface area contributed by atoms with Gasteiger partial charge in [-0.15, -0.1) is 4.91 Å². The molecule has 1 N–H and O–H groups in total. The summed E-state index contributed by atoms with van der Waals surface area (Å²) in [4.78, 5) is 33.3. The molecule has 0 aromatic heterocycles. The molecule has 0 bridgehead atoms. The van der Waals surface area contributed by atoms with Crippen molar-refractivity contribution in [1.82, 2.24) is 5.32 Å². The highest BCUT2D eigenvalue weighted by atomic mass is 16.6.